The zero-order valence-electron chi connectivity index (χ0n) is 12.3. The number of nitrogens with zero attached hydrogens (tertiary/aromatic N) is 3. The molecule has 1 aromatic rings. The van der Waals surface area contributed by atoms with Gasteiger partial charge in [-0.3, -0.25) is 9.69 Å². The van der Waals surface area contributed by atoms with E-state index in [1.807, 2.05) is 0 Å². The van der Waals surface area contributed by atoms with E-state index in [-0.39, 0.29) is 11.9 Å². The van der Waals surface area contributed by atoms with Gasteiger partial charge in [0, 0.05) is 13.0 Å². The van der Waals surface area contributed by atoms with Crippen LogP contribution in [0, 0.1) is 5.92 Å². The lowest BCUT2D eigenvalue weighted by Gasteiger charge is -2.29. The molecule has 0 radical (unpaired) electrons. The maximum Gasteiger partial charge on any atom is 0.309 e. The summed E-state index contributed by atoms with van der Waals surface area (Å²) in [5.74, 6) is 1.27. The molecule has 0 spiro atoms. The van der Waals surface area contributed by atoms with E-state index in [0.29, 0.717) is 19.0 Å². The molecule has 1 saturated heterocycles. The van der Waals surface area contributed by atoms with E-state index < -0.39 is 0 Å². The molecular weight excluding hydrogens is 258 g/mol. The van der Waals surface area contributed by atoms with E-state index in [2.05, 4.69) is 22.0 Å². The van der Waals surface area contributed by atoms with Crippen molar-refractivity contribution >= 4 is 5.97 Å². The molecule has 2 heterocycles. The zero-order valence-corrected chi connectivity index (χ0v) is 12.3. The molecule has 1 aliphatic rings. The van der Waals surface area contributed by atoms with Gasteiger partial charge in [0.1, 0.15) is 0 Å². The number of hydrogen-bond donors (Lipinski definition) is 0. The van der Waals surface area contributed by atoms with Crippen LogP contribution in [-0.4, -0.2) is 41.2 Å². The Kier molecular flexibility index (Phi) is 5.52. The summed E-state index contributed by atoms with van der Waals surface area (Å²) in [6.45, 7) is 4.42. The first-order valence-electron chi connectivity index (χ1n) is 7.34. The Bertz CT molecular complexity index is 433. The summed E-state index contributed by atoms with van der Waals surface area (Å²) < 4.78 is 10.1. The summed E-state index contributed by atoms with van der Waals surface area (Å²) in [4.78, 5) is 18.2. The normalized spacial score (nSPS) is 20.0. The number of carbonyl (C=O) groups is 1. The van der Waals surface area contributed by atoms with Crippen LogP contribution in [0.4, 0.5) is 0 Å². The van der Waals surface area contributed by atoms with Crippen molar-refractivity contribution in [3.05, 3.63) is 11.7 Å². The minimum absolute atomic E-state index is 0.0313. The topological polar surface area (TPSA) is 68.5 Å². The summed E-state index contributed by atoms with van der Waals surface area (Å²) >= 11 is 0. The van der Waals surface area contributed by atoms with Crippen molar-refractivity contribution < 1.29 is 14.1 Å². The monoisotopic (exact) mass is 281 g/mol. The second kappa shape index (κ2) is 7.38. The van der Waals surface area contributed by atoms with Gasteiger partial charge in [-0.05, 0) is 25.8 Å². The number of likely N-dealkylation sites (tertiary alicyclic amines) is 1. The molecule has 1 fully saturated rings. The number of esters is 1. The predicted octanol–water partition coefficient (Wildman–Crippen LogP) is 1.80. The number of rotatable bonds is 6. The third kappa shape index (κ3) is 4.03. The quantitative estimate of drug-likeness (QED) is 0.741. The first-order valence-corrected chi connectivity index (χ1v) is 7.34. The molecular formula is C14H23N3O3. The molecule has 0 saturated carbocycles. The van der Waals surface area contributed by atoms with Gasteiger partial charge in [-0.25, -0.2) is 0 Å². The standard InChI is InChI=1S/C14H23N3O3/c1-3-4-7-12-15-13(20-16-12)10-17-8-5-6-11(9-17)14(18)19-2/h11H,3-10H2,1-2H3. The van der Waals surface area contributed by atoms with E-state index in [1.165, 1.54) is 7.11 Å². The van der Waals surface area contributed by atoms with Gasteiger partial charge in [0.25, 0.3) is 0 Å². The van der Waals surface area contributed by atoms with Crippen molar-refractivity contribution in [3.8, 4) is 0 Å². The summed E-state index contributed by atoms with van der Waals surface area (Å²) in [5.41, 5.74) is 0. The van der Waals surface area contributed by atoms with Crippen molar-refractivity contribution in [1.82, 2.24) is 15.0 Å². The zero-order chi connectivity index (χ0) is 14.4. The molecule has 1 aliphatic heterocycles. The van der Waals surface area contributed by atoms with Crippen molar-refractivity contribution in [3.63, 3.8) is 0 Å². The molecule has 0 amide bonds. The molecule has 6 heteroatoms. The molecule has 0 bridgehead atoms. The van der Waals surface area contributed by atoms with Crippen LogP contribution in [0.15, 0.2) is 4.52 Å². The fourth-order valence-corrected chi connectivity index (χ4v) is 2.54. The van der Waals surface area contributed by atoms with Gasteiger partial charge in [0.05, 0.1) is 19.6 Å². The number of carbonyl (C=O) groups excluding carboxylic acids is 1. The van der Waals surface area contributed by atoms with Gasteiger partial charge in [0.2, 0.25) is 5.89 Å². The van der Waals surface area contributed by atoms with Gasteiger partial charge in [0.15, 0.2) is 5.82 Å². The number of piperidine rings is 1. The highest BCUT2D eigenvalue weighted by molar-refractivity contribution is 5.72. The van der Waals surface area contributed by atoms with Crippen molar-refractivity contribution in [2.75, 3.05) is 20.2 Å². The Hall–Kier alpha value is -1.43. The van der Waals surface area contributed by atoms with Crippen LogP contribution in [-0.2, 0) is 22.5 Å². The number of aryl methyl sites for hydroxylation is 1. The fraction of sp³-hybridized carbons (Fsp3) is 0.786. The molecule has 0 N–H and O–H groups in total. The van der Waals surface area contributed by atoms with Gasteiger partial charge >= 0.3 is 5.97 Å². The first kappa shape index (κ1) is 15.0. The molecule has 6 nitrogen and oxygen atoms in total. The highest BCUT2D eigenvalue weighted by Crippen LogP contribution is 2.19. The van der Waals surface area contributed by atoms with Crippen molar-refractivity contribution in [2.45, 2.75) is 45.6 Å². The van der Waals surface area contributed by atoms with Crippen molar-refractivity contribution in [1.29, 1.82) is 0 Å². The molecule has 1 aromatic heterocycles. The number of hydrogen-bond acceptors (Lipinski definition) is 6. The molecule has 112 valence electrons. The van der Waals surface area contributed by atoms with Gasteiger partial charge in [-0.2, -0.15) is 4.98 Å². The van der Waals surface area contributed by atoms with E-state index >= 15 is 0 Å². The fourth-order valence-electron chi connectivity index (χ4n) is 2.54. The number of methoxy groups -OCH3 is 1. The maximum absolute atomic E-state index is 11.6. The predicted molar refractivity (Wildman–Crippen MR) is 72.9 cm³/mol. The lowest BCUT2D eigenvalue weighted by Crippen LogP contribution is -2.38. The third-order valence-electron chi connectivity index (χ3n) is 3.66. The lowest BCUT2D eigenvalue weighted by molar-refractivity contribution is -0.147. The molecule has 0 aliphatic carbocycles. The van der Waals surface area contributed by atoms with E-state index in [4.69, 9.17) is 9.26 Å². The van der Waals surface area contributed by atoms with Gasteiger partial charge in [-0.15, -0.1) is 0 Å². The summed E-state index contributed by atoms with van der Waals surface area (Å²) in [6, 6.07) is 0. The average molecular weight is 281 g/mol. The smallest absolute Gasteiger partial charge is 0.309 e. The first-order chi connectivity index (χ1) is 9.72. The van der Waals surface area contributed by atoms with Crippen LogP contribution in [0.5, 0.6) is 0 Å². The molecule has 1 atom stereocenters. The van der Waals surface area contributed by atoms with Crippen LogP contribution in [0.1, 0.15) is 44.3 Å². The SMILES string of the molecule is CCCCc1noc(CN2CCCC(C(=O)OC)C2)n1. The number of aromatic nitrogens is 2. The number of unbranched alkanes of at least 4 members (excludes halogenated alkanes) is 1. The second-order valence-electron chi connectivity index (χ2n) is 5.31. The summed E-state index contributed by atoms with van der Waals surface area (Å²) in [6.07, 6.45) is 4.96. The Balaban J connectivity index is 1.86. The Morgan fingerprint density at radius 1 is 1.55 bits per heavy atom. The van der Waals surface area contributed by atoms with Crippen LogP contribution in [0.3, 0.4) is 0 Å². The molecule has 1 unspecified atom stereocenters. The third-order valence-corrected chi connectivity index (χ3v) is 3.66. The van der Waals surface area contributed by atoms with Gasteiger partial charge < -0.3 is 9.26 Å². The Morgan fingerprint density at radius 3 is 3.15 bits per heavy atom. The average Bonchev–Trinajstić information content (AvgIpc) is 2.92. The van der Waals surface area contributed by atoms with Crippen LogP contribution in [0.25, 0.3) is 0 Å². The Morgan fingerprint density at radius 2 is 2.40 bits per heavy atom. The minimum atomic E-state index is -0.121. The van der Waals surface area contributed by atoms with E-state index in [9.17, 15) is 4.79 Å². The largest absolute Gasteiger partial charge is 0.469 e. The second-order valence-corrected chi connectivity index (χ2v) is 5.31. The van der Waals surface area contributed by atoms with Crippen LogP contribution < -0.4 is 0 Å². The highest BCUT2D eigenvalue weighted by atomic mass is 16.5. The summed E-state index contributed by atoms with van der Waals surface area (Å²) in [5, 5.41) is 3.99. The van der Waals surface area contributed by atoms with Crippen LogP contribution >= 0.6 is 0 Å². The van der Waals surface area contributed by atoms with E-state index in [1.54, 1.807) is 0 Å². The maximum atomic E-state index is 11.6. The highest BCUT2D eigenvalue weighted by Gasteiger charge is 2.27. The molecule has 0 aromatic carbocycles. The molecule has 2 rings (SSSR count). The Labute approximate surface area is 119 Å². The van der Waals surface area contributed by atoms with Crippen LogP contribution in [0.2, 0.25) is 0 Å². The lowest BCUT2D eigenvalue weighted by atomic mass is 9.98. The summed E-state index contributed by atoms with van der Waals surface area (Å²) in [7, 11) is 1.44. The van der Waals surface area contributed by atoms with Gasteiger partial charge in [-0.1, -0.05) is 18.5 Å². The number of ether oxygens (including phenoxy) is 1. The molecule has 20 heavy (non-hydrogen) atoms. The van der Waals surface area contributed by atoms with Crippen molar-refractivity contribution in [2.24, 2.45) is 5.92 Å². The minimum Gasteiger partial charge on any atom is -0.469 e. The van der Waals surface area contributed by atoms with E-state index in [0.717, 1.165) is 44.5 Å².